The van der Waals surface area contributed by atoms with E-state index in [-0.39, 0.29) is 51.9 Å². The molecule has 2 aromatic rings. The third-order valence-electron chi connectivity index (χ3n) is 5.40. The zero-order chi connectivity index (χ0) is 25.3. The summed E-state index contributed by atoms with van der Waals surface area (Å²) in [6, 6.07) is 8.25. The van der Waals surface area contributed by atoms with Crippen LogP contribution in [0.2, 0.25) is 10.0 Å². The number of alkyl halides is 3. The van der Waals surface area contributed by atoms with Gasteiger partial charge in [0, 0.05) is 46.5 Å². The first kappa shape index (κ1) is 26.0. The van der Waals surface area contributed by atoms with Gasteiger partial charge in [0.15, 0.2) is 5.78 Å². The summed E-state index contributed by atoms with van der Waals surface area (Å²) in [5.41, 5.74) is -1.56. The van der Waals surface area contributed by atoms with Crippen molar-refractivity contribution in [2.45, 2.75) is 57.9 Å². The van der Waals surface area contributed by atoms with E-state index in [4.69, 9.17) is 28.0 Å². The van der Waals surface area contributed by atoms with E-state index in [1.807, 2.05) is 13.8 Å². The molecule has 2 aromatic carbocycles. The van der Waals surface area contributed by atoms with E-state index >= 15 is 0 Å². The molecule has 0 spiro atoms. The highest BCUT2D eigenvalue weighted by Crippen LogP contribution is 2.49. The second-order valence-corrected chi connectivity index (χ2v) is 9.34. The maximum absolute atomic E-state index is 14.2. The number of carbonyl (C=O) groups excluding carboxylic acids is 2. The Kier molecular flexibility index (Phi) is 7.62. The summed E-state index contributed by atoms with van der Waals surface area (Å²) in [4.78, 5) is 29.4. The summed E-state index contributed by atoms with van der Waals surface area (Å²) in [6.45, 7) is 5.33. The molecule has 0 aliphatic carbocycles. The quantitative estimate of drug-likeness (QED) is 0.436. The van der Waals surface area contributed by atoms with Crippen LogP contribution < -0.4 is 5.32 Å². The number of hydrogen-bond acceptors (Lipinski definition) is 4. The molecule has 3 rings (SSSR count). The van der Waals surface area contributed by atoms with Crippen LogP contribution in [0.5, 0.6) is 0 Å². The van der Waals surface area contributed by atoms with Gasteiger partial charge >= 0.3 is 6.18 Å². The minimum atomic E-state index is -4.80. The number of nitrogens with zero attached hydrogens (tertiary/aromatic N) is 1. The first-order chi connectivity index (χ1) is 15.8. The Morgan fingerprint density at radius 1 is 1.12 bits per heavy atom. The van der Waals surface area contributed by atoms with Gasteiger partial charge in [-0.15, -0.1) is 0 Å². The molecule has 0 radical (unpaired) electrons. The van der Waals surface area contributed by atoms with Crippen molar-refractivity contribution in [3.05, 3.63) is 68.7 Å². The number of aryl methyl sites for hydroxylation is 1. The van der Waals surface area contributed by atoms with Crippen LogP contribution in [0.4, 0.5) is 13.2 Å². The second-order valence-electron chi connectivity index (χ2n) is 8.46. The normalized spacial score (nSPS) is 18.0. The van der Waals surface area contributed by atoms with Crippen molar-refractivity contribution in [2.75, 3.05) is 0 Å². The van der Waals surface area contributed by atoms with Crippen molar-refractivity contribution in [3.8, 4) is 0 Å². The van der Waals surface area contributed by atoms with Crippen LogP contribution in [-0.2, 0) is 15.2 Å². The van der Waals surface area contributed by atoms with Crippen molar-refractivity contribution in [2.24, 2.45) is 5.16 Å². The molecule has 0 fully saturated rings. The van der Waals surface area contributed by atoms with E-state index in [0.717, 1.165) is 12.1 Å². The molecule has 182 valence electrons. The molecule has 1 heterocycles. The van der Waals surface area contributed by atoms with E-state index in [0.29, 0.717) is 16.7 Å². The van der Waals surface area contributed by atoms with Gasteiger partial charge in [-0.05, 0) is 56.2 Å². The Morgan fingerprint density at radius 3 is 2.32 bits per heavy atom. The van der Waals surface area contributed by atoms with E-state index in [1.165, 1.54) is 18.2 Å². The minimum Gasteiger partial charge on any atom is -0.374 e. The molecule has 0 aromatic heterocycles. The van der Waals surface area contributed by atoms with Crippen molar-refractivity contribution in [1.29, 1.82) is 0 Å². The van der Waals surface area contributed by atoms with Gasteiger partial charge in [0.1, 0.15) is 0 Å². The summed E-state index contributed by atoms with van der Waals surface area (Å²) in [7, 11) is 0. The van der Waals surface area contributed by atoms with Gasteiger partial charge < -0.3 is 10.2 Å². The number of nitrogens with one attached hydrogen (secondary N) is 1. The molecule has 1 atom stereocenters. The highest BCUT2D eigenvalue weighted by atomic mass is 35.5. The largest absolute Gasteiger partial charge is 0.435 e. The molecule has 34 heavy (non-hydrogen) atoms. The fourth-order valence-electron chi connectivity index (χ4n) is 3.76. The molecule has 0 saturated heterocycles. The van der Waals surface area contributed by atoms with Gasteiger partial charge in [-0.1, -0.05) is 40.5 Å². The first-order valence-electron chi connectivity index (χ1n) is 10.5. The van der Waals surface area contributed by atoms with Gasteiger partial charge in [-0.25, -0.2) is 0 Å². The van der Waals surface area contributed by atoms with Crippen LogP contribution in [0.1, 0.15) is 60.2 Å². The molecule has 1 aliphatic heterocycles. The van der Waals surface area contributed by atoms with Gasteiger partial charge in [0.2, 0.25) is 5.91 Å². The lowest BCUT2D eigenvalue weighted by molar-refractivity contribution is -0.275. The van der Waals surface area contributed by atoms with Gasteiger partial charge in [-0.3, -0.25) is 9.59 Å². The predicted octanol–water partition coefficient (Wildman–Crippen LogP) is 6.37. The van der Waals surface area contributed by atoms with Gasteiger partial charge in [0.25, 0.3) is 5.60 Å². The summed E-state index contributed by atoms with van der Waals surface area (Å²) in [5.74, 6) is -0.453. The molecule has 0 bridgehead atoms. The number of carbonyl (C=O) groups is 2. The second kappa shape index (κ2) is 9.96. The van der Waals surface area contributed by atoms with E-state index in [9.17, 15) is 22.8 Å². The third-order valence-corrected chi connectivity index (χ3v) is 5.84. The Balaban J connectivity index is 1.81. The molecule has 10 heteroatoms. The van der Waals surface area contributed by atoms with Crippen LogP contribution in [0.15, 0.2) is 41.6 Å². The first-order valence-corrected chi connectivity index (χ1v) is 11.3. The number of halogens is 5. The number of oxime groups is 1. The number of rotatable bonds is 7. The topological polar surface area (TPSA) is 67.8 Å². The van der Waals surface area contributed by atoms with Gasteiger partial charge in [0.05, 0.1) is 5.71 Å². The fourth-order valence-corrected chi connectivity index (χ4v) is 4.28. The summed E-state index contributed by atoms with van der Waals surface area (Å²) in [6.07, 6.45) is -5.31. The third kappa shape index (κ3) is 5.55. The van der Waals surface area contributed by atoms with Crippen LogP contribution >= 0.6 is 23.2 Å². The average Bonchev–Trinajstić information content (AvgIpc) is 3.18. The summed E-state index contributed by atoms with van der Waals surface area (Å²) >= 11 is 11.9. The maximum Gasteiger partial charge on any atom is 0.435 e. The average molecular weight is 515 g/mol. The van der Waals surface area contributed by atoms with E-state index < -0.39 is 18.2 Å². The molecule has 1 amide bonds. The van der Waals surface area contributed by atoms with Crippen LogP contribution in [0, 0.1) is 6.92 Å². The monoisotopic (exact) mass is 514 g/mol. The number of amides is 1. The predicted molar refractivity (Wildman–Crippen MR) is 124 cm³/mol. The number of hydrogen-bond donors (Lipinski definition) is 1. The lowest BCUT2D eigenvalue weighted by atomic mass is 9.86. The maximum atomic E-state index is 14.2. The highest BCUT2D eigenvalue weighted by molar-refractivity contribution is 6.34. The van der Waals surface area contributed by atoms with E-state index in [2.05, 4.69) is 10.5 Å². The van der Waals surface area contributed by atoms with Crippen molar-refractivity contribution >= 4 is 40.6 Å². The number of benzene rings is 2. The highest BCUT2D eigenvalue weighted by Gasteiger charge is 2.62. The fraction of sp³-hybridized carbons (Fsp3) is 0.375. The Labute approximate surface area is 205 Å². The van der Waals surface area contributed by atoms with Gasteiger partial charge in [-0.2, -0.15) is 13.2 Å². The zero-order valence-electron chi connectivity index (χ0n) is 18.7. The lowest BCUT2D eigenvalue weighted by Gasteiger charge is -2.29. The minimum absolute atomic E-state index is 0.0233. The van der Waals surface area contributed by atoms with Crippen molar-refractivity contribution in [1.82, 2.24) is 5.32 Å². The van der Waals surface area contributed by atoms with Crippen molar-refractivity contribution < 1.29 is 27.6 Å². The number of ketones is 1. The smallest absolute Gasteiger partial charge is 0.374 e. The molecule has 0 saturated carbocycles. The molecular weight excluding hydrogens is 492 g/mol. The summed E-state index contributed by atoms with van der Waals surface area (Å²) < 4.78 is 42.5. The zero-order valence-corrected chi connectivity index (χ0v) is 20.2. The Morgan fingerprint density at radius 2 is 1.76 bits per heavy atom. The Bertz CT molecular complexity index is 1130. The molecule has 1 aliphatic rings. The molecule has 1 unspecified atom stereocenters. The number of Topliss-reactive ketones (excluding diaryl/α,β-unsaturated/α-hetero) is 1. The summed E-state index contributed by atoms with van der Waals surface area (Å²) in [5, 5.41) is 6.55. The lowest BCUT2D eigenvalue weighted by Crippen LogP contribution is -2.42. The molecule has 5 nitrogen and oxygen atoms in total. The standard InChI is InChI=1S/C24H23Cl2F3N2O3/c1-13(2)30-22(33)7-6-21(32)19-5-4-15(8-14(19)3)20-12-23(34-31-20,24(27,28)29)16-9-17(25)11-18(26)10-16/h4-5,8-11,13H,6-7,12H2,1-3H3,(H,30,33). The molecule has 1 N–H and O–H groups in total. The molecular formula is C24H23Cl2F3N2O3. The van der Waals surface area contributed by atoms with E-state index in [1.54, 1.807) is 13.0 Å². The SMILES string of the molecule is Cc1cc(C2=NOC(c3cc(Cl)cc(Cl)c3)(C(F)(F)F)C2)ccc1C(=O)CCC(=O)NC(C)C. The van der Waals surface area contributed by atoms with Crippen LogP contribution in [0.25, 0.3) is 0 Å². The van der Waals surface area contributed by atoms with Crippen LogP contribution in [0.3, 0.4) is 0 Å². The van der Waals surface area contributed by atoms with Crippen molar-refractivity contribution in [3.63, 3.8) is 0 Å². The Hall–Kier alpha value is -2.58. The van der Waals surface area contributed by atoms with Crippen LogP contribution in [-0.4, -0.2) is 29.6 Å².